The molecule has 0 fully saturated rings. The zero-order valence-corrected chi connectivity index (χ0v) is 17.6. The van der Waals surface area contributed by atoms with Crippen molar-refractivity contribution in [2.75, 3.05) is 20.2 Å². The van der Waals surface area contributed by atoms with E-state index in [4.69, 9.17) is 9.72 Å². The summed E-state index contributed by atoms with van der Waals surface area (Å²) in [5.41, 5.74) is 0.734. The fraction of sp³-hybridized carbons (Fsp3) is 0.409. The van der Waals surface area contributed by atoms with E-state index >= 15 is 0 Å². The number of carbonyl (C=O) groups is 1. The number of rotatable bonds is 5. The predicted molar refractivity (Wildman–Crippen MR) is 115 cm³/mol. The number of aryl methyl sites for hydroxylation is 2. The van der Waals surface area contributed by atoms with Gasteiger partial charge in [-0.15, -0.1) is 11.3 Å². The minimum absolute atomic E-state index is 0.00485. The van der Waals surface area contributed by atoms with E-state index in [1.165, 1.54) is 11.3 Å². The molecule has 1 aliphatic rings. The van der Waals surface area contributed by atoms with E-state index in [9.17, 15) is 9.59 Å². The fourth-order valence-electron chi connectivity index (χ4n) is 3.71. The lowest BCUT2D eigenvalue weighted by atomic mass is 10.2. The Balaban J connectivity index is 1.55. The molecule has 0 atom stereocenters. The number of nitrogens with zero attached hydrogens (tertiary/aromatic N) is 3. The van der Waals surface area contributed by atoms with E-state index in [0.717, 1.165) is 42.8 Å². The van der Waals surface area contributed by atoms with Crippen LogP contribution in [0.15, 0.2) is 35.1 Å². The van der Waals surface area contributed by atoms with Gasteiger partial charge in [-0.05, 0) is 37.5 Å². The maximum atomic E-state index is 13.1. The second-order valence-electron chi connectivity index (χ2n) is 7.42. The fourth-order valence-corrected chi connectivity index (χ4v) is 4.89. The Morgan fingerprint density at radius 1 is 1.24 bits per heavy atom. The Kier molecular flexibility index (Phi) is 5.67. The number of hydrogen-bond donors (Lipinski definition) is 0. The Labute approximate surface area is 173 Å². The second-order valence-corrected chi connectivity index (χ2v) is 8.42. The molecule has 1 aromatic carbocycles. The van der Waals surface area contributed by atoms with Crippen molar-refractivity contribution in [2.45, 2.75) is 39.2 Å². The number of amides is 1. The number of benzene rings is 1. The van der Waals surface area contributed by atoms with Gasteiger partial charge < -0.3 is 9.64 Å². The number of aromatic nitrogens is 2. The van der Waals surface area contributed by atoms with Gasteiger partial charge in [0, 0.05) is 20.0 Å². The van der Waals surface area contributed by atoms with Crippen molar-refractivity contribution in [1.82, 2.24) is 14.5 Å². The van der Waals surface area contributed by atoms with E-state index in [2.05, 4.69) is 0 Å². The molecule has 0 saturated carbocycles. The molecule has 7 heteroatoms. The normalized spacial score (nSPS) is 13.7. The average molecular weight is 412 g/mol. The number of hydrogen-bond acceptors (Lipinski definition) is 5. The molecule has 152 valence electrons. The topological polar surface area (TPSA) is 64.4 Å². The van der Waals surface area contributed by atoms with Crippen LogP contribution in [0.3, 0.4) is 0 Å². The van der Waals surface area contributed by atoms with Crippen LogP contribution in [0, 0.1) is 6.92 Å². The zero-order chi connectivity index (χ0) is 20.4. The quantitative estimate of drug-likeness (QED) is 0.643. The van der Waals surface area contributed by atoms with Crippen LogP contribution in [-0.2, 0) is 13.0 Å². The summed E-state index contributed by atoms with van der Waals surface area (Å²) in [7, 11) is 1.76. The molecule has 0 bridgehead atoms. The lowest BCUT2D eigenvalue weighted by molar-refractivity contribution is 0.0778. The first kappa shape index (κ1) is 19.6. The van der Waals surface area contributed by atoms with Crippen LogP contribution in [-0.4, -0.2) is 40.6 Å². The van der Waals surface area contributed by atoms with Gasteiger partial charge in [-0.2, -0.15) is 0 Å². The standard InChI is InChI=1S/C22H25N3O3S/c1-15-18-20(23-17-11-7-4-8-12-25(17)21(18)26)29-19(15)22(27)24(2)13-14-28-16-9-5-3-6-10-16/h3,5-6,9-10H,4,7-8,11-14H2,1-2H3. The first-order chi connectivity index (χ1) is 14.1. The summed E-state index contributed by atoms with van der Waals surface area (Å²) >= 11 is 1.33. The minimum atomic E-state index is -0.0956. The summed E-state index contributed by atoms with van der Waals surface area (Å²) in [5.74, 6) is 1.54. The molecule has 1 amide bonds. The molecule has 0 saturated heterocycles. The summed E-state index contributed by atoms with van der Waals surface area (Å²) < 4.78 is 7.50. The molecule has 29 heavy (non-hydrogen) atoms. The van der Waals surface area contributed by atoms with Crippen molar-refractivity contribution in [2.24, 2.45) is 0 Å². The number of carbonyl (C=O) groups excluding carboxylic acids is 1. The molecule has 3 aromatic rings. The average Bonchev–Trinajstić information content (AvgIpc) is 2.89. The van der Waals surface area contributed by atoms with Crippen molar-refractivity contribution in [3.8, 4) is 5.75 Å². The van der Waals surface area contributed by atoms with Crippen LogP contribution >= 0.6 is 11.3 Å². The first-order valence-corrected chi connectivity index (χ1v) is 10.8. The third-order valence-electron chi connectivity index (χ3n) is 5.39. The molecular formula is C22H25N3O3S. The SMILES string of the molecule is Cc1c(C(=O)N(C)CCOc2ccccc2)sc2nc3n(c(=O)c12)CCCCC3. The molecule has 0 radical (unpaired) electrons. The largest absolute Gasteiger partial charge is 0.492 e. The van der Waals surface area contributed by atoms with Crippen LogP contribution in [0.4, 0.5) is 0 Å². The summed E-state index contributed by atoms with van der Waals surface area (Å²) in [6.07, 6.45) is 3.99. The van der Waals surface area contributed by atoms with E-state index < -0.39 is 0 Å². The lowest BCUT2D eigenvalue weighted by Crippen LogP contribution is -2.30. The van der Waals surface area contributed by atoms with Crippen molar-refractivity contribution < 1.29 is 9.53 Å². The van der Waals surface area contributed by atoms with E-state index in [1.807, 2.05) is 37.3 Å². The van der Waals surface area contributed by atoms with Crippen LogP contribution in [0.1, 0.15) is 40.3 Å². The Morgan fingerprint density at radius 3 is 2.83 bits per heavy atom. The van der Waals surface area contributed by atoms with Crippen LogP contribution < -0.4 is 10.3 Å². The highest BCUT2D eigenvalue weighted by Crippen LogP contribution is 2.29. The monoisotopic (exact) mass is 411 g/mol. The van der Waals surface area contributed by atoms with Crippen LogP contribution in [0.25, 0.3) is 10.2 Å². The van der Waals surface area contributed by atoms with Crippen molar-refractivity contribution >= 4 is 27.5 Å². The van der Waals surface area contributed by atoms with Crippen molar-refractivity contribution in [1.29, 1.82) is 0 Å². The second kappa shape index (κ2) is 8.37. The number of ether oxygens (including phenoxy) is 1. The molecule has 0 aliphatic carbocycles. The van der Waals surface area contributed by atoms with Gasteiger partial charge in [0.15, 0.2) is 0 Å². The Hall–Kier alpha value is -2.67. The Bertz CT molecular complexity index is 1090. The van der Waals surface area contributed by atoms with Crippen molar-refractivity contribution in [3.05, 3.63) is 57.0 Å². The highest BCUT2D eigenvalue weighted by atomic mass is 32.1. The smallest absolute Gasteiger partial charge is 0.264 e. The molecule has 3 heterocycles. The number of thiophene rings is 1. The predicted octanol–water partition coefficient (Wildman–Crippen LogP) is 3.64. The molecule has 1 aliphatic heterocycles. The van der Waals surface area contributed by atoms with Gasteiger partial charge in [0.2, 0.25) is 0 Å². The molecule has 6 nitrogen and oxygen atoms in total. The van der Waals surface area contributed by atoms with Crippen molar-refractivity contribution in [3.63, 3.8) is 0 Å². The maximum Gasteiger partial charge on any atom is 0.264 e. The third kappa shape index (κ3) is 3.92. The summed E-state index contributed by atoms with van der Waals surface area (Å²) in [5, 5.41) is 0.595. The Morgan fingerprint density at radius 2 is 2.03 bits per heavy atom. The van der Waals surface area contributed by atoms with E-state index in [1.54, 1.807) is 16.5 Å². The first-order valence-electron chi connectivity index (χ1n) is 10.0. The van der Waals surface area contributed by atoms with Crippen LogP contribution in [0.2, 0.25) is 0 Å². The highest BCUT2D eigenvalue weighted by Gasteiger charge is 2.24. The molecule has 0 spiro atoms. The summed E-state index contributed by atoms with van der Waals surface area (Å²) in [4.78, 5) is 33.7. The van der Waals surface area contributed by atoms with E-state index in [0.29, 0.717) is 34.8 Å². The minimum Gasteiger partial charge on any atom is -0.492 e. The van der Waals surface area contributed by atoms with Crippen LogP contribution in [0.5, 0.6) is 5.75 Å². The molecular weight excluding hydrogens is 386 g/mol. The summed E-state index contributed by atoms with van der Waals surface area (Å²) in [6.45, 7) is 3.44. The molecule has 0 unspecified atom stereocenters. The number of fused-ring (bicyclic) bond motifs is 2. The van der Waals surface area contributed by atoms with Gasteiger partial charge in [-0.25, -0.2) is 4.98 Å². The molecule has 2 aromatic heterocycles. The van der Waals surface area contributed by atoms with Gasteiger partial charge in [0.05, 0.1) is 16.8 Å². The third-order valence-corrected chi connectivity index (χ3v) is 6.56. The van der Waals surface area contributed by atoms with E-state index in [-0.39, 0.29) is 11.5 Å². The van der Waals surface area contributed by atoms with Gasteiger partial charge in [-0.3, -0.25) is 14.2 Å². The van der Waals surface area contributed by atoms with Gasteiger partial charge in [0.25, 0.3) is 11.5 Å². The zero-order valence-electron chi connectivity index (χ0n) is 16.8. The summed E-state index contributed by atoms with van der Waals surface area (Å²) in [6, 6.07) is 9.54. The maximum absolute atomic E-state index is 13.1. The van der Waals surface area contributed by atoms with Gasteiger partial charge in [-0.1, -0.05) is 24.6 Å². The highest BCUT2D eigenvalue weighted by molar-refractivity contribution is 7.20. The number of likely N-dealkylation sites (N-methyl/N-ethyl adjacent to an activating group) is 1. The number of para-hydroxylation sites is 1. The lowest BCUT2D eigenvalue weighted by Gasteiger charge is -2.17. The van der Waals surface area contributed by atoms with Gasteiger partial charge >= 0.3 is 0 Å². The van der Waals surface area contributed by atoms with Gasteiger partial charge in [0.1, 0.15) is 23.0 Å². The molecule has 4 rings (SSSR count). The molecule has 0 N–H and O–H groups in total.